The Hall–Kier alpha value is -0.570. The van der Waals surface area contributed by atoms with Gasteiger partial charge in [-0.05, 0) is 18.9 Å². The minimum Gasteiger partial charge on any atom is -0.480 e. The molecule has 0 aromatic heterocycles. The fourth-order valence-corrected chi connectivity index (χ4v) is 1.95. The molecule has 102 valence electrons. The van der Waals surface area contributed by atoms with Crippen molar-refractivity contribution >= 4 is 5.97 Å². The number of nitrogens with one attached hydrogen (secondary N) is 1. The van der Waals surface area contributed by atoms with Gasteiger partial charge in [-0.15, -0.1) is 0 Å². The van der Waals surface area contributed by atoms with E-state index in [1.165, 1.54) is 38.5 Å². The zero-order chi connectivity index (χ0) is 13.1. The maximum absolute atomic E-state index is 10.9. The van der Waals surface area contributed by atoms with Gasteiger partial charge >= 0.3 is 5.97 Å². The Morgan fingerprint density at radius 2 is 1.59 bits per heavy atom. The van der Waals surface area contributed by atoms with E-state index in [0.29, 0.717) is 0 Å². The van der Waals surface area contributed by atoms with Crippen LogP contribution in [0, 0.1) is 5.92 Å². The fourth-order valence-electron chi connectivity index (χ4n) is 1.95. The second-order valence-corrected chi connectivity index (χ2v) is 5.14. The molecule has 0 heterocycles. The average molecular weight is 243 g/mol. The van der Waals surface area contributed by atoms with Crippen LogP contribution in [-0.2, 0) is 4.79 Å². The summed E-state index contributed by atoms with van der Waals surface area (Å²) in [5.41, 5.74) is 0. The summed E-state index contributed by atoms with van der Waals surface area (Å²) in [6.07, 6.45) is 8.86. The largest absolute Gasteiger partial charge is 0.480 e. The molecular formula is C14H29NO2. The van der Waals surface area contributed by atoms with E-state index in [1.807, 2.05) is 13.8 Å². The van der Waals surface area contributed by atoms with Gasteiger partial charge in [0.2, 0.25) is 0 Å². The van der Waals surface area contributed by atoms with Crippen LogP contribution in [0.4, 0.5) is 0 Å². The summed E-state index contributed by atoms with van der Waals surface area (Å²) in [4.78, 5) is 10.9. The van der Waals surface area contributed by atoms with Gasteiger partial charge in [0.05, 0.1) is 0 Å². The number of carbonyl (C=O) groups is 1. The van der Waals surface area contributed by atoms with Crippen molar-refractivity contribution < 1.29 is 9.90 Å². The summed E-state index contributed by atoms with van der Waals surface area (Å²) in [5, 5.41) is 12.1. The number of hydrogen-bond donors (Lipinski definition) is 2. The highest BCUT2D eigenvalue weighted by atomic mass is 16.4. The van der Waals surface area contributed by atoms with Gasteiger partial charge in [0.25, 0.3) is 0 Å². The maximum atomic E-state index is 10.9. The monoisotopic (exact) mass is 243 g/mol. The summed E-state index contributed by atoms with van der Waals surface area (Å²) in [6, 6.07) is -0.393. The van der Waals surface area contributed by atoms with Gasteiger partial charge in [-0.1, -0.05) is 59.3 Å². The Morgan fingerprint density at radius 1 is 1.06 bits per heavy atom. The Balaban J connectivity index is 3.40. The SMILES string of the molecule is CCCCCCCCCNC(C(=O)O)C(C)C. The lowest BCUT2D eigenvalue weighted by Gasteiger charge is -2.17. The van der Waals surface area contributed by atoms with Crippen molar-refractivity contribution in [3.05, 3.63) is 0 Å². The van der Waals surface area contributed by atoms with Gasteiger partial charge in [-0.2, -0.15) is 0 Å². The molecule has 0 rings (SSSR count). The van der Waals surface area contributed by atoms with Crippen molar-refractivity contribution in [1.29, 1.82) is 0 Å². The molecule has 0 aliphatic heterocycles. The van der Waals surface area contributed by atoms with E-state index in [0.717, 1.165) is 13.0 Å². The minimum absolute atomic E-state index is 0.150. The van der Waals surface area contributed by atoms with Gasteiger partial charge in [0.1, 0.15) is 6.04 Å². The van der Waals surface area contributed by atoms with Crippen LogP contribution in [-0.4, -0.2) is 23.7 Å². The Labute approximate surface area is 106 Å². The molecule has 2 N–H and O–H groups in total. The van der Waals surface area contributed by atoms with Gasteiger partial charge < -0.3 is 10.4 Å². The first kappa shape index (κ1) is 16.4. The number of carboxylic acids is 1. The van der Waals surface area contributed by atoms with Crippen molar-refractivity contribution in [2.75, 3.05) is 6.54 Å². The first-order chi connectivity index (χ1) is 8.09. The molecule has 0 spiro atoms. The van der Waals surface area contributed by atoms with Gasteiger partial charge in [-0.25, -0.2) is 0 Å². The number of rotatable bonds is 11. The third kappa shape index (κ3) is 9.16. The lowest BCUT2D eigenvalue weighted by molar-refractivity contribution is -0.140. The topological polar surface area (TPSA) is 49.3 Å². The predicted octanol–water partition coefficient (Wildman–Crippen LogP) is 3.44. The van der Waals surface area contributed by atoms with Crippen molar-refractivity contribution in [3.8, 4) is 0 Å². The van der Waals surface area contributed by atoms with E-state index in [-0.39, 0.29) is 5.92 Å². The van der Waals surface area contributed by atoms with E-state index in [2.05, 4.69) is 12.2 Å². The quantitative estimate of drug-likeness (QED) is 0.547. The predicted molar refractivity (Wildman–Crippen MR) is 72.3 cm³/mol. The Kier molecular flexibility index (Phi) is 10.2. The highest BCUT2D eigenvalue weighted by molar-refractivity contribution is 5.73. The summed E-state index contributed by atoms with van der Waals surface area (Å²) < 4.78 is 0. The van der Waals surface area contributed by atoms with Crippen LogP contribution in [0.25, 0.3) is 0 Å². The van der Waals surface area contributed by atoms with Crippen LogP contribution < -0.4 is 5.32 Å². The van der Waals surface area contributed by atoms with Crippen LogP contribution in [0.15, 0.2) is 0 Å². The van der Waals surface area contributed by atoms with Crippen LogP contribution in [0.1, 0.15) is 65.7 Å². The molecule has 1 atom stereocenters. The van der Waals surface area contributed by atoms with Gasteiger partial charge in [-0.3, -0.25) is 4.79 Å². The van der Waals surface area contributed by atoms with Gasteiger partial charge in [0.15, 0.2) is 0 Å². The van der Waals surface area contributed by atoms with E-state index < -0.39 is 12.0 Å². The van der Waals surface area contributed by atoms with Crippen molar-refractivity contribution in [2.45, 2.75) is 71.8 Å². The molecule has 0 fully saturated rings. The first-order valence-electron chi connectivity index (χ1n) is 7.05. The molecule has 0 aromatic rings. The molecule has 0 bridgehead atoms. The number of aliphatic carboxylic acids is 1. The smallest absolute Gasteiger partial charge is 0.320 e. The maximum Gasteiger partial charge on any atom is 0.320 e. The lowest BCUT2D eigenvalue weighted by atomic mass is 10.0. The summed E-state index contributed by atoms with van der Waals surface area (Å²) in [5.74, 6) is -0.583. The van der Waals surface area contributed by atoms with Gasteiger partial charge in [0, 0.05) is 0 Å². The Morgan fingerprint density at radius 3 is 2.06 bits per heavy atom. The van der Waals surface area contributed by atoms with Crippen molar-refractivity contribution in [3.63, 3.8) is 0 Å². The molecular weight excluding hydrogens is 214 g/mol. The zero-order valence-corrected chi connectivity index (χ0v) is 11.7. The van der Waals surface area contributed by atoms with Crippen LogP contribution in [0.5, 0.6) is 0 Å². The molecule has 3 heteroatoms. The highest BCUT2D eigenvalue weighted by Gasteiger charge is 2.19. The molecule has 17 heavy (non-hydrogen) atoms. The van der Waals surface area contributed by atoms with Crippen molar-refractivity contribution in [1.82, 2.24) is 5.32 Å². The second-order valence-electron chi connectivity index (χ2n) is 5.14. The molecule has 0 aromatic carbocycles. The number of carboxylic acid groups (broad SMARTS) is 1. The normalized spacial score (nSPS) is 12.9. The van der Waals surface area contributed by atoms with Crippen LogP contribution >= 0.6 is 0 Å². The van der Waals surface area contributed by atoms with Crippen molar-refractivity contribution in [2.24, 2.45) is 5.92 Å². The molecule has 0 radical (unpaired) electrons. The molecule has 0 aliphatic rings. The molecule has 0 aliphatic carbocycles. The standard InChI is InChI=1S/C14H29NO2/c1-4-5-6-7-8-9-10-11-15-13(12(2)3)14(16)17/h12-13,15H,4-11H2,1-3H3,(H,16,17). The van der Waals surface area contributed by atoms with Crippen LogP contribution in [0.3, 0.4) is 0 Å². The molecule has 1 unspecified atom stereocenters. The highest BCUT2D eigenvalue weighted by Crippen LogP contribution is 2.07. The first-order valence-corrected chi connectivity index (χ1v) is 7.05. The Bertz CT molecular complexity index is 193. The molecule has 0 amide bonds. The van der Waals surface area contributed by atoms with E-state index in [1.54, 1.807) is 0 Å². The average Bonchev–Trinajstić information content (AvgIpc) is 2.26. The lowest BCUT2D eigenvalue weighted by Crippen LogP contribution is -2.41. The minimum atomic E-state index is -0.733. The number of unbranched alkanes of at least 4 members (excludes halogenated alkanes) is 6. The third-order valence-corrected chi connectivity index (χ3v) is 3.08. The summed E-state index contributed by atoms with van der Waals surface area (Å²) >= 11 is 0. The van der Waals surface area contributed by atoms with Crippen LogP contribution in [0.2, 0.25) is 0 Å². The van der Waals surface area contributed by atoms with E-state index in [9.17, 15) is 4.79 Å². The second kappa shape index (κ2) is 10.6. The van der Waals surface area contributed by atoms with E-state index in [4.69, 9.17) is 5.11 Å². The number of hydrogen-bond acceptors (Lipinski definition) is 2. The molecule has 3 nitrogen and oxygen atoms in total. The molecule has 0 saturated heterocycles. The third-order valence-electron chi connectivity index (χ3n) is 3.08. The zero-order valence-electron chi connectivity index (χ0n) is 11.7. The summed E-state index contributed by atoms with van der Waals surface area (Å²) in [6.45, 7) is 6.93. The van der Waals surface area contributed by atoms with E-state index >= 15 is 0 Å². The summed E-state index contributed by atoms with van der Waals surface area (Å²) in [7, 11) is 0. The fraction of sp³-hybridized carbons (Fsp3) is 0.929. The molecule has 0 saturated carbocycles.